The van der Waals surface area contributed by atoms with Crippen molar-refractivity contribution in [2.24, 2.45) is 0 Å². The average molecular weight is 279 g/mol. The molecule has 1 amide bonds. The van der Waals surface area contributed by atoms with E-state index < -0.39 is 6.09 Å². The van der Waals surface area contributed by atoms with Crippen molar-refractivity contribution in [3.63, 3.8) is 0 Å². The van der Waals surface area contributed by atoms with Gasteiger partial charge >= 0.3 is 6.09 Å². The SMILES string of the molecule is CSc1cc(COC(=O)NC(C)(C)C)ncc1C#N. The molecule has 0 atom stereocenters. The summed E-state index contributed by atoms with van der Waals surface area (Å²) < 4.78 is 5.07. The Balaban J connectivity index is 2.64. The van der Waals surface area contributed by atoms with E-state index in [-0.39, 0.29) is 12.1 Å². The second-order valence-electron chi connectivity index (χ2n) is 4.94. The summed E-state index contributed by atoms with van der Waals surface area (Å²) in [6.45, 7) is 5.71. The predicted molar refractivity (Wildman–Crippen MR) is 73.8 cm³/mol. The number of hydrogen-bond donors (Lipinski definition) is 1. The molecule has 0 unspecified atom stereocenters. The fraction of sp³-hybridized carbons (Fsp3) is 0.462. The molecule has 0 fully saturated rings. The molecule has 0 saturated heterocycles. The number of nitriles is 1. The van der Waals surface area contributed by atoms with Crippen LogP contribution in [0, 0.1) is 11.3 Å². The molecule has 0 aromatic carbocycles. The summed E-state index contributed by atoms with van der Waals surface area (Å²) in [5, 5.41) is 11.6. The lowest BCUT2D eigenvalue weighted by Crippen LogP contribution is -2.40. The third kappa shape index (κ3) is 5.18. The lowest BCUT2D eigenvalue weighted by atomic mass is 10.1. The zero-order chi connectivity index (χ0) is 14.5. The molecule has 19 heavy (non-hydrogen) atoms. The number of pyridine rings is 1. The lowest BCUT2D eigenvalue weighted by molar-refractivity contribution is 0.130. The van der Waals surface area contributed by atoms with Crippen LogP contribution in [-0.4, -0.2) is 22.9 Å². The number of hydrogen-bond acceptors (Lipinski definition) is 5. The van der Waals surface area contributed by atoms with Crippen LogP contribution < -0.4 is 5.32 Å². The number of ether oxygens (including phenoxy) is 1. The zero-order valence-corrected chi connectivity index (χ0v) is 12.3. The Hall–Kier alpha value is -1.74. The Morgan fingerprint density at radius 3 is 2.79 bits per heavy atom. The molecule has 0 saturated carbocycles. The van der Waals surface area contributed by atoms with E-state index >= 15 is 0 Å². The number of nitrogens with zero attached hydrogens (tertiary/aromatic N) is 2. The van der Waals surface area contributed by atoms with Gasteiger partial charge in [-0.15, -0.1) is 11.8 Å². The molecular weight excluding hydrogens is 262 g/mol. The second kappa shape index (κ2) is 6.43. The summed E-state index contributed by atoms with van der Waals surface area (Å²) >= 11 is 1.46. The Bertz CT molecular complexity index is 504. The van der Waals surface area contributed by atoms with Crippen molar-refractivity contribution in [2.75, 3.05) is 6.26 Å². The van der Waals surface area contributed by atoms with Crippen molar-refractivity contribution >= 4 is 17.9 Å². The van der Waals surface area contributed by atoms with Crippen LogP contribution in [0.4, 0.5) is 4.79 Å². The molecule has 0 spiro atoms. The minimum atomic E-state index is -0.482. The van der Waals surface area contributed by atoms with Crippen molar-refractivity contribution in [2.45, 2.75) is 37.8 Å². The van der Waals surface area contributed by atoms with E-state index in [1.54, 1.807) is 6.07 Å². The first-order valence-electron chi connectivity index (χ1n) is 5.73. The molecule has 102 valence electrons. The Morgan fingerprint density at radius 1 is 1.58 bits per heavy atom. The van der Waals surface area contributed by atoms with Crippen molar-refractivity contribution in [3.05, 3.63) is 23.5 Å². The summed E-state index contributed by atoms with van der Waals surface area (Å²) in [5.74, 6) is 0. The summed E-state index contributed by atoms with van der Waals surface area (Å²) in [4.78, 5) is 16.4. The minimum absolute atomic E-state index is 0.0845. The van der Waals surface area contributed by atoms with Gasteiger partial charge in [-0.05, 0) is 33.1 Å². The van der Waals surface area contributed by atoms with Gasteiger partial charge in [0.05, 0.1) is 11.3 Å². The molecule has 0 bridgehead atoms. The smallest absolute Gasteiger partial charge is 0.407 e. The van der Waals surface area contributed by atoms with Crippen LogP contribution in [-0.2, 0) is 11.3 Å². The van der Waals surface area contributed by atoms with Crippen molar-refractivity contribution < 1.29 is 9.53 Å². The molecular formula is C13H17N3O2S. The second-order valence-corrected chi connectivity index (χ2v) is 5.79. The molecule has 0 aliphatic heterocycles. The summed E-state index contributed by atoms with van der Waals surface area (Å²) in [5.41, 5.74) is 0.808. The molecule has 0 radical (unpaired) electrons. The molecule has 1 aromatic heterocycles. The Labute approximate surface area is 117 Å². The van der Waals surface area contributed by atoms with Gasteiger partial charge in [-0.25, -0.2) is 4.79 Å². The monoisotopic (exact) mass is 279 g/mol. The van der Waals surface area contributed by atoms with Crippen LogP contribution >= 0.6 is 11.8 Å². The van der Waals surface area contributed by atoms with E-state index in [4.69, 9.17) is 10.00 Å². The Kier molecular flexibility index (Phi) is 5.19. The van der Waals surface area contributed by atoms with E-state index in [0.717, 1.165) is 4.90 Å². The third-order valence-electron chi connectivity index (χ3n) is 2.09. The largest absolute Gasteiger partial charge is 0.443 e. The number of nitrogens with one attached hydrogen (secondary N) is 1. The van der Waals surface area contributed by atoms with Gasteiger partial charge in [0.15, 0.2) is 0 Å². The molecule has 1 rings (SSSR count). The van der Waals surface area contributed by atoms with Gasteiger partial charge in [0.1, 0.15) is 12.7 Å². The fourth-order valence-electron chi connectivity index (χ4n) is 1.29. The number of carbonyl (C=O) groups is 1. The molecule has 0 aliphatic rings. The van der Waals surface area contributed by atoms with E-state index in [0.29, 0.717) is 11.3 Å². The highest BCUT2D eigenvalue weighted by Crippen LogP contribution is 2.20. The summed E-state index contributed by atoms with van der Waals surface area (Å²) in [7, 11) is 0. The first-order chi connectivity index (χ1) is 8.85. The zero-order valence-electron chi connectivity index (χ0n) is 11.5. The number of rotatable bonds is 3. The quantitative estimate of drug-likeness (QED) is 0.861. The molecule has 6 heteroatoms. The van der Waals surface area contributed by atoms with Gasteiger partial charge in [0.2, 0.25) is 0 Å². The maximum absolute atomic E-state index is 11.5. The number of amides is 1. The maximum atomic E-state index is 11.5. The van der Waals surface area contributed by atoms with Gasteiger partial charge in [-0.1, -0.05) is 0 Å². The molecule has 1 aromatic rings. The van der Waals surface area contributed by atoms with E-state index in [1.807, 2.05) is 27.0 Å². The van der Waals surface area contributed by atoms with Crippen molar-refractivity contribution in [3.8, 4) is 6.07 Å². The minimum Gasteiger partial charge on any atom is -0.443 e. The van der Waals surface area contributed by atoms with Crippen LogP contribution in [0.5, 0.6) is 0 Å². The fourth-order valence-corrected chi connectivity index (χ4v) is 1.86. The standard InChI is InChI=1S/C13H17N3O2S/c1-13(2,3)16-12(17)18-8-10-5-11(19-4)9(6-14)7-15-10/h5,7H,8H2,1-4H3,(H,16,17). The predicted octanol–water partition coefficient (Wildman–Crippen LogP) is 2.70. The van der Waals surface area contributed by atoms with Gasteiger partial charge in [-0.3, -0.25) is 4.98 Å². The normalized spacial score (nSPS) is 10.7. The highest BCUT2D eigenvalue weighted by atomic mass is 32.2. The van der Waals surface area contributed by atoms with Crippen LogP contribution in [0.15, 0.2) is 17.2 Å². The first-order valence-corrected chi connectivity index (χ1v) is 6.96. The topological polar surface area (TPSA) is 75.0 Å². The summed E-state index contributed by atoms with van der Waals surface area (Å²) in [6.07, 6.45) is 2.89. The van der Waals surface area contributed by atoms with E-state index in [9.17, 15) is 4.79 Å². The first kappa shape index (κ1) is 15.3. The maximum Gasteiger partial charge on any atom is 0.407 e. The van der Waals surface area contributed by atoms with Crippen LogP contribution in [0.25, 0.3) is 0 Å². The number of thioether (sulfide) groups is 1. The lowest BCUT2D eigenvalue weighted by Gasteiger charge is -2.19. The highest BCUT2D eigenvalue weighted by molar-refractivity contribution is 7.98. The average Bonchev–Trinajstić information content (AvgIpc) is 2.33. The van der Waals surface area contributed by atoms with Crippen molar-refractivity contribution in [1.29, 1.82) is 5.26 Å². The highest BCUT2D eigenvalue weighted by Gasteiger charge is 2.15. The Morgan fingerprint density at radius 2 is 2.26 bits per heavy atom. The van der Waals surface area contributed by atoms with Gasteiger partial charge in [-0.2, -0.15) is 5.26 Å². The number of alkyl carbamates (subject to hydrolysis) is 1. The third-order valence-corrected chi connectivity index (χ3v) is 2.87. The molecule has 5 nitrogen and oxygen atoms in total. The molecule has 1 N–H and O–H groups in total. The molecule has 1 heterocycles. The van der Waals surface area contributed by atoms with E-state index in [1.165, 1.54) is 18.0 Å². The van der Waals surface area contributed by atoms with Crippen LogP contribution in [0.3, 0.4) is 0 Å². The number of aromatic nitrogens is 1. The van der Waals surface area contributed by atoms with Crippen molar-refractivity contribution in [1.82, 2.24) is 10.3 Å². The van der Waals surface area contributed by atoms with Gasteiger partial charge in [0.25, 0.3) is 0 Å². The number of carbonyl (C=O) groups excluding carboxylic acids is 1. The van der Waals surface area contributed by atoms with E-state index in [2.05, 4.69) is 16.4 Å². The summed E-state index contributed by atoms with van der Waals surface area (Å²) in [6, 6.07) is 3.82. The van der Waals surface area contributed by atoms with Crippen LogP contribution in [0.2, 0.25) is 0 Å². The molecule has 0 aliphatic carbocycles. The van der Waals surface area contributed by atoms with Crippen LogP contribution in [0.1, 0.15) is 32.0 Å². The van der Waals surface area contributed by atoms with Gasteiger partial charge < -0.3 is 10.1 Å². The van der Waals surface area contributed by atoms with Gasteiger partial charge in [0, 0.05) is 16.6 Å².